The van der Waals surface area contributed by atoms with Crippen LogP contribution in [0.4, 0.5) is 9.18 Å². The van der Waals surface area contributed by atoms with Crippen LogP contribution in [0.15, 0.2) is 54.6 Å². The lowest BCUT2D eigenvalue weighted by Gasteiger charge is -2.25. The van der Waals surface area contributed by atoms with Crippen molar-refractivity contribution in [2.24, 2.45) is 0 Å². The van der Waals surface area contributed by atoms with E-state index in [1.54, 1.807) is 37.3 Å². The number of hydrazine groups is 1. The molecule has 1 saturated heterocycles. The summed E-state index contributed by atoms with van der Waals surface area (Å²) in [7, 11) is 0. The number of halogens is 1. The second-order valence-corrected chi connectivity index (χ2v) is 6.46. The molecule has 1 heterocycles. The van der Waals surface area contributed by atoms with Crippen molar-refractivity contribution in [3.63, 3.8) is 0 Å². The molecule has 3 N–H and O–H groups in total. The van der Waals surface area contributed by atoms with E-state index in [2.05, 4.69) is 16.2 Å². The quantitative estimate of drug-likeness (QED) is 0.523. The minimum atomic E-state index is -1.24. The summed E-state index contributed by atoms with van der Waals surface area (Å²) >= 11 is 0. The van der Waals surface area contributed by atoms with Crippen LogP contribution >= 0.6 is 0 Å². The normalized spacial score (nSPS) is 18.3. The minimum Gasteiger partial charge on any atom is -0.319 e. The van der Waals surface area contributed by atoms with Crippen molar-refractivity contribution >= 4 is 23.8 Å². The lowest BCUT2D eigenvalue weighted by Crippen LogP contribution is -2.48. The Hall–Kier alpha value is -3.75. The number of nitrogens with zero attached hydrogens (tertiary/aromatic N) is 1. The number of hydrogen-bond acceptors (Lipinski definition) is 4. The lowest BCUT2D eigenvalue weighted by molar-refractivity contribution is -0.135. The molecule has 0 radical (unpaired) electrons. The van der Waals surface area contributed by atoms with Crippen molar-refractivity contribution in [1.29, 1.82) is 0 Å². The highest BCUT2D eigenvalue weighted by atomic mass is 19.1. The molecule has 0 aliphatic carbocycles. The predicted octanol–water partition coefficient (Wildman–Crippen LogP) is 1.44. The van der Waals surface area contributed by atoms with E-state index < -0.39 is 41.7 Å². The largest absolute Gasteiger partial charge is 0.325 e. The number of hydrogen-bond donors (Lipinski definition) is 3. The average Bonchev–Trinajstić information content (AvgIpc) is 2.98. The first kappa shape index (κ1) is 20.0. The van der Waals surface area contributed by atoms with Gasteiger partial charge in [-0.2, -0.15) is 0 Å². The SMILES string of the molecule is CC[C@@]1(c2ccccc2)NC(=O)N(CC(=O)NNC(=O)c2ccc(F)cc2)C1=O. The lowest BCUT2D eigenvalue weighted by atomic mass is 9.87. The van der Waals surface area contributed by atoms with Crippen molar-refractivity contribution in [1.82, 2.24) is 21.1 Å². The standard InChI is InChI=1S/C20H19FN4O4/c1-2-20(14-6-4-3-5-7-14)18(28)25(19(29)22-20)12-16(26)23-24-17(27)13-8-10-15(21)11-9-13/h3-11H,2,12H2,1H3,(H,22,29)(H,23,26)(H,24,27)/t20-/m0/s1. The van der Waals surface area contributed by atoms with Gasteiger partial charge >= 0.3 is 6.03 Å². The fourth-order valence-electron chi connectivity index (χ4n) is 3.11. The van der Waals surface area contributed by atoms with E-state index in [-0.39, 0.29) is 5.56 Å². The van der Waals surface area contributed by atoms with Crippen LogP contribution in [-0.4, -0.2) is 35.2 Å². The second kappa shape index (κ2) is 8.09. The number of urea groups is 1. The number of nitrogens with one attached hydrogen (secondary N) is 3. The van der Waals surface area contributed by atoms with E-state index in [0.717, 1.165) is 17.0 Å². The molecule has 1 aliphatic heterocycles. The van der Waals surface area contributed by atoms with Crippen molar-refractivity contribution < 1.29 is 23.6 Å². The fourth-order valence-corrected chi connectivity index (χ4v) is 3.11. The molecular formula is C20H19FN4O4. The number of carbonyl (C=O) groups excluding carboxylic acids is 4. The molecule has 1 atom stereocenters. The van der Waals surface area contributed by atoms with Gasteiger partial charge in [0.1, 0.15) is 17.9 Å². The molecule has 2 aromatic carbocycles. The smallest absolute Gasteiger partial charge is 0.319 e. The zero-order valence-corrected chi connectivity index (χ0v) is 15.6. The highest BCUT2D eigenvalue weighted by Crippen LogP contribution is 2.32. The van der Waals surface area contributed by atoms with Crippen LogP contribution < -0.4 is 16.2 Å². The maximum Gasteiger partial charge on any atom is 0.325 e. The van der Waals surface area contributed by atoms with E-state index >= 15 is 0 Å². The molecule has 29 heavy (non-hydrogen) atoms. The van der Waals surface area contributed by atoms with Gasteiger partial charge in [0.25, 0.3) is 17.7 Å². The van der Waals surface area contributed by atoms with Gasteiger partial charge in [-0.15, -0.1) is 0 Å². The van der Waals surface area contributed by atoms with Gasteiger partial charge in [-0.05, 0) is 36.2 Å². The van der Waals surface area contributed by atoms with Crippen LogP contribution in [0.2, 0.25) is 0 Å². The third-order valence-corrected chi connectivity index (χ3v) is 4.70. The van der Waals surface area contributed by atoms with Crippen LogP contribution in [0.1, 0.15) is 29.3 Å². The van der Waals surface area contributed by atoms with Crippen molar-refractivity contribution in [3.8, 4) is 0 Å². The zero-order valence-electron chi connectivity index (χ0n) is 15.6. The van der Waals surface area contributed by atoms with E-state index in [9.17, 15) is 23.6 Å². The number of rotatable bonds is 5. The Morgan fingerprint density at radius 2 is 1.69 bits per heavy atom. The number of imide groups is 1. The van der Waals surface area contributed by atoms with Crippen molar-refractivity contribution in [2.45, 2.75) is 18.9 Å². The Morgan fingerprint density at radius 1 is 1.03 bits per heavy atom. The zero-order chi connectivity index (χ0) is 21.0. The van der Waals surface area contributed by atoms with Gasteiger partial charge in [-0.1, -0.05) is 37.3 Å². The van der Waals surface area contributed by atoms with Crippen molar-refractivity contribution in [2.75, 3.05) is 6.54 Å². The molecule has 0 saturated carbocycles. The Morgan fingerprint density at radius 3 is 2.31 bits per heavy atom. The third kappa shape index (κ3) is 3.93. The van der Waals surface area contributed by atoms with E-state index in [1.807, 2.05) is 0 Å². The summed E-state index contributed by atoms with van der Waals surface area (Å²) in [5.74, 6) is -2.47. The molecule has 1 aliphatic rings. The highest BCUT2D eigenvalue weighted by molar-refractivity contribution is 6.09. The fraction of sp³-hybridized carbons (Fsp3) is 0.200. The molecule has 3 rings (SSSR count). The molecule has 0 aromatic heterocycles. The van der Waals surface area contributed by atoms with Crippen LogP contribution in [0.3, 0.4) is 0 Å². The van der Waals surface area contributed by atoms with Gasteiger partial charge in [-0.25, -0.2) is 9.18 Å². The molecule has 0 unspecified atom stereocenters. The summed E-state index contributed by atoms with van der Waals surface area (Å²) in [6.07, 6.45) is 0.307. The first-order chi connectivity index (χ1) is 13.9. The molecule has 8 nitrogen and oxygen atoms in total. The first-order valence-corrected chi connectivity index (χ1v) is 8.92. The van der Waals surface area contributed by atoms with Crippen LogP contribution in [0, 0.1) is 5.82 Å². The van der Waals surface area contributed by atoms with Gasteiger partial charge in [0.2, 0.25) is 0 Å². The topological polar surface area (TPSA) is 108 Å². The summed E-state index contributed by atoms with van der Waals surface area (Å²) in [6.45, 7) is 1.20. The average molecular weight is 398 g/mol. The van der Waals surface area contributed by atoms with Gasteiger partial charge in [0, 0.05) is 5.56 Å². The molecule has 9 heteroatoms. The maximum atomic E-state index is 12.9. The molecule has 2 aromatic rings. The monoisotopic (exact) mass is 398 g/mol. The van der Waals surface area contributed by atoms with Gasteiger partial charge in [0.05, 0.1) is 0 Å². The Balaban J connectivity index is 1.64. The number of carbonyl (C=O) groups is 4. The molecule has 0 bridgehead atoms. The summed E-state index contributed by atoms with van der Waals surface area (Å²) in [5.41, 5.74) is 3.81. The van der Waals surface area contributed by atoms with Gasteiger partial charge in [0.15, 0.2) is 0 Å². The Labute approximate surface area is 166 Å². The molecule has 5 amide bonds. The van der Waals surface area contributed by atoms with Crippen molar-refractivity contribution in [3.05, 3.63) is 71.5 Å². The van der Waals surface area contributed by atoms with Crippen LogP contribution in [-0.2, 0) is 15.1 Å². The van der Waals surface area contributed by atoms with Crippen LogP contribution in [0.25, 0.3) is 0 Å². The Kier molecular flexibility index (Phi) is 5.58. The maximum absolute atomic E-state index is 12.9. The molecule has 150 valence electrons. The Bertz CT molecular complexity index is 949. The summed E-state index contributed by atoms with van der Waals surface area (Å²) in [6, 6.07) is 12.8. The summed E-state index contributed by atoms with van der Waals surface area (Å²) in [5, 5.41) is 2.67. The highest BCUT2D eigenvalue weighted by Gasteiger charge is 2.51. The third-order valence-electron chi connectivity index (χ3n) is 4.70. The molecule has 1 fully saturated rings. The van der Waals surface area contributed by atoms with E-state index in [0.29, 0.717) is 12.0 Å². The molecular weight excluding hydrogens is 379 g/mol. The predicted molar refractivity (Wildman–Crippen MR) is 101 cm³/mol. The number of amides is 5. The van der Waals surface area contributed by atoms with Gasteiger partial charge < -0.3 is 5.32 Å². The van der Waals surface area contributed by atoms with Gasteiger partial charge in [-0.3, -0.25) is 30.1 Å². The first-order valence-electron chi connectivity index (χ1n) is 8.92. The summed E-state index contributed by atoms with van der Waals surface area (Å²) < 4.78 is 12.9. The van der Waals surface area contributed by atoms with E-state index in [1.165, 1.54) is 12.1 Å². The molecule has 0 spiro atoms. The minimum absolute atomic E-state index is 0.135. The summed E-state index contributed by atoms with van der Waals surface area (Å²) in [4.78, 5) is 50.2. The number of benzene rings is 2. The van der Waals surface area contributed by atoms with Crippen LogP contribution in [0.5, 0.6) is 0 Å². The second-order valence-electron chi connectivity index (χ2n) is 6.46. The van der Waals surface area contributed by atoms with E-state index in [4.69, 9.17) is 0 Å².